The number of sulfonamides is 1. The van der Waals surface area contributed by atoms with Crippen LogP contribution < -0.4 is 4.72 Å². The average Bonchev–Trinajstić information content (AvgIpc) is 2.34. The zero-order valence-corrected chi connectivity index (χ0v) is 12.2. The van der Waals surface area contributed by atoms with Crippen molar-refractivity contribution in [1.29, 1.82) is 0 Å². The van der Waals surface area contributed by atoms with Crippen LogP contribution in [0.2, 0.25) is 0 Å². The first-order chi connectivity index (χ1) is 8.86. The highest BCUT2D eigenvalue weighted by molar-refractivity contribution is 7.89. The van der Waals surface area contributed by atoms with Crippen LogP contribution in [0.15, 0.2) is 29.2 Å². The fourth-order valence-corrected chi connectivity index (χ4v) is 2.86. The number of rotatable bonds is 7. The molecule has 0 saturated carbocycles. The van der Waals surface area contributed by atoms with Crippen LogP contribution in [-0.4, -0.2) is 27.7 Å². The van der Waals surface area contributed by atoms with Crippen molar-refractivity contribution in [3.63, 3.8) is 0 Å². The first-order valence-electron chi connectivity index (χ1n) is 6.22. The predicted octanol–water partition coefficient (Wildman–Crippen LogP) is 2.17. The second kappa shape index (κ2) is 6.98. The number of benzene rings is 1. The molecule has 0 saturated heterocycles. The summed E-state index contributed by atoms with van der Waals surface area (Å²) in [5, 5.41) is 0. The molecular weight excluding hydrogens is 269 g/mol. The van der Waals surface area contributed by atoms with Crippen molar-refractivity contribution in [1.82, 2.24) is 4.72 Å². The molecule has 0 fully saturated rings. The van der Waals surface area contributed by atoms with Gasteiger partial charge in [-0.25, -0.2) is 17.5 Å². The molecule has 0 spiro atoms. The van der Waals surface area contributed by atoms with Gasteiger partial charge in [0.1, 0.15) is 5.82 Å². The lowest BCUT2D eigenvalue weighted by Gasteiger charge is -2.22. The lowest BCUT2D eigenvalue weighted by atomic mass is 10.1. The van der Waals surface area contributed by atoms with Crippen molar-refractivity contribution >= 4 is 10.0 Å². The zero-order chi connectivity index (χ0) is 14.5. The maximum absolute atomic E-state index is 12.8. The molecule has 1 N–H and O–H groups in total. The smallest absolute Gasteiger partial charge is 0.240 e. The van der Waals surface area contributed by atoms with Crippen LogP contribution in [0.3, 0.4) is 0 Å². The number of nitrogens with one attached hydrogen (secondary N) is 1. The van der Waals surface area contributed by atoms with Gasteiger partial charge in [-0.3, -0.25) is 0 Å². The van der Waals surface area contributed by atoms with Gasteiger partial charge in [0, 0.05) is 12.6 Å². The van der Waals surface area contributed by atoms with E-state index >= 15 is 0 Å². The Kier molecular flexibility index (Phi) is 5.90. The average molecular weight is 289 g/mol. The Labute approximate surface area is 114 Å². The van der Waals surface area contributed by atoms with Gasteiger partial charge in [0.15, 0.2) is 0 Å². The van der Waals surface area contributed by atoms with Crippen LogP contribution in [0.25, 0.3) is 0 Å². The molecule has 1 atom stereocenters. The van der Waals surface area contributed by atoms with Gasteiger partial charge in [-0.1, -0.05) is 13.8 Å². The molecule has 1 aromatic carbocycles. The van der Waals surface area contributed by atoms with Gasteiger partial charge in [0.25, 0.3) is 0 Å². The third kappa shape index (κ3) is 4.89. The van der Waals surface area contributed by atoms with E-state index in [-0.39, 0.29) is 16.9 Å². The Morgan fingerprint density at radius 1 is 1.26 bits per heavy atom. The Hall–Kier alpha value is -0.980. The van der Waals surface area contributed by atoms with E-state index in [0.29, 0.717) is 13.2 Å². The Balaban J connectivity index is 2.84. The van der Waals surface area contributed by atoms with E-state index in [1.807, 2.05) is 20.8 Å². The number of hydrogen-bond donors (Lipinski definition) is 1. The molecule has 0 aliphatic rings. The summed E-state index contributed by atoms with van der Waals surface area (Å²) in [6.07, 6.45) is 0. The predicted molar refractivity (Wildman–Crippen MR) is 71.8 cm³/mol. The monoisotopic (exact) mass is 289 g/mol. The minimum atomic E-state index is -3.65. The first kappa shape index (κ1) is 16.1. The van der Waals surface area contributed by atoms with Crippen LogP contribution in [0, 0.1) is 11.7 Å². The summed E-state index contributed by atoms with van der Waals surface area (Å²) in [5.41, 5.74) is 0. The summed E-state index contributed by atoms with van der Waals surface area (Å²) in [6.45, 7) is 6.52. The largest absolute Gasteiger partial charge is 0.380 e. The summed E-state index contributed by atoms with van der Waals surface area (Å²) in [5.74, 6) is -0.365. The van der Waals surface area contributed by atoms with Crippen molar-refractivity contribution in [3.05, 3.63) is 30.1 Å². The van der Waals surface area contributed by atoms with Crippen molar-refractivity contribution in [2.45, 2.75) is 31.7 Å². The molecule has 6 heteroatoms. The molecule has 4 nitrogen and oxygen atoms in total. The summed E-state index contributed by atoms with van der Waals surface area (Å²) < 4.78 is 44.9. The normalized spacial score (nSPS) is 13.7. The van der Waals surface area contributed by atoms with Crippen LogP contribution in [0.1, 0.15) is 20.8 Å². The molecule has 0 heterocycles. The minimum absolute atomic E-state index is 0.0519. The van der Waals surface area contributed by atoms with E-state index < -0.39 is 15.8 Å². The molecule has 1 aromatic rings. The molecule has 1 rings (SSSR count). The second-order valence-corrected chi connectivity index (χ2v) is 6.30. The van der Waals surface area contributed by atoms with E-state index in [1.54, 1.807) is 0 Å². The van der Waals surface area contributed by atoms with Gasteiger partial charge in [0.05, 0.1) is 11.5 Å². The maximum atomic E-state index is 12.8. The van der Waals surface area contributed by atoms with Gasteiger partial charge in [-0.15, -0.1) is 0 Å². The molecule has 0 bridgehead atoms. The van der Waals surface area contributed by atoms with Crippen LogP contribution in [0.4, 0.5) is 4.39 Å². The molecule has 19 heavy (non-hydrogen) atoms. The molecular formula is C13H20FNO3S. The second-order valence-electron chi connectivity index (χ2n) is 4.59. The minimum Gasteiger partial charge on any atom is -0.380 e. The molecule has 0 aromatic heterocycles. The lowest BCUT2D eigenvalue weighted by Crippen LogP contribution is -2.41. The van der Waals surface area contributed by atoms with Crippen molar-refractivity contribution in [2.75, 3.05) is 13.2 Å². The van der Waals surface area contributed by atoms with E-state index in [1.165, 1.54) is 12.1 Å². The fourth-order valence-electron chi connectivity index (χ4n) is 1.49. The van der Waals surface area contributed by atoms with Gasteiger partial charge >= 0.3 is 0 Å². The molecule has 108 valence electrons. The van der Waals surface area contributed by atoms with Gasteiger partial charge in [-0.05, 0) is 37.1 Å². The van der Waals surface area contributed by atoms with Crippen molar-refractivity contribution in [2.24, 2.45) is 5.92 Å². The lowest BCUT2D eigenvalue weighted by molar-refractivity contribution is 0.116. The number of hydrogen-bond acceptors (Lipinski definition) is 3. The third-order valence-electron chi connectivity index (χ3n) is 2.74. The van der Waals surface area contributed by atoms with Gasteiger partial charge in [0.2, 0.25) is 10.0 Å². The van der Waals surface area contributed by atoms with Crippen LogP contribution in [0.5, 0.6) is 0 Å². The fraction of sp³-hybridized carbons (Fsp3) is 0.538. The van der Waals surface area contributed by atoms with E-state index in [9.17, 15) is 12.8 Å². The van der Waals surface area contributed by atoms with E-state index in [0.717, 1.165) is 12.1 Å². The van der Waals surface area contributed by atoms with Crippen LogP contribution in [-0.2, 0) is 14.8 Å². The standard InChI is InChI=1S/C13H20FNO3S/c1-4-18-9-13(10(2)3)15-19(16,17)12-7-5-11(14)6-8-12/h5-8,10,13,15H,4,9H2,1-3H3. The summed E-state index contributed by atoms with van der Waals surface area (Å²) in [7, 11) is -3.65. The summed E-state index contributed by atoms with van der Waals surface area (Å²) in [4.78, 5) is 0.0519. The van der Waals surface area contributed by atoms with Crippen molar-refractivity contribution in [3.8, 4) is 0 Å². The molecule has 1 unspecified atom stereocenters. The molecule has 0 aliphatic heterocycles. The number of halogens is 1. The zero-order valence-electron chi connectivity index (χ0n) is 11.4. The summed E-state index contributed by atoms with van der Waals surface area (Å²) >= 11 is 0. The highest BCUT2D eigenvalue weighted by atomic mass is 32.2. The Morgan fingerprint density at radius 3 is 2.32 bits per heavy atom. The molecule has 0 aliphatic carbocycles. The van der Waals surface area contributed by atoms with Gasteiger partial charge < -0.3 is 4.74 Å². The Bertz CT molecular complexity index is 485. The first-order valence-corrected chi connectivity index (χ1v) is 7.70. The quantitative estimate of drug-likeness (QED) is 0.837. The van der Waals surface area contributed by atoms with Crippen molar-refractivity contribution < 1.29 is 17.5 Å². The summed E-state index contributed by atoms with van der Waals surface area (Å²) in [6, 6.07) is 4.43. The molecule has 0 radical (unpaired) electrons. The molecule has 0 amide bonds. The SMILES string of the molecule is CCOCC(NS(=O)(=O)c1ccc(F)cc1)C(C)C. The Morgan fingerprint density at radius 2 is 1.84 bits per heavy atom. The highest BCUT2D eigenvalue weighted by Crippen LogP contribution is 2.12. The third-order valence-corrected chi connectivity index (χ3v) is 4.24. The van der Waals surface area contributed by atoms with Crippen LogP contribution >= 0.6 is 0 Å². The van der Waals surface area contributed by atoms with E-state index in [4.69, 9.17) is 4.74 Å². The highest BCUT2D eigenvalue weighted by Gasteiger charge is 2.22. The maximum Gasteiger partial charge on any atom is 0.240 e. The van der Waals surface area contributed by atoms with E-state index in [2.05, 4.69) is 4.72 Å². The van der Waals surface area contributed by atoms with Gasteiger partial charge in [-0.2, -0.15) is 0 Å². The number of ether oxygens (including phenoxy) is 1. The topological polar surface area (TPSA) is 55.4 Å².